The Morgan fingerprint density at radius 2 is 1.79 bits per heavy atom. The van der Waals surface area contributed by atoms with Crippen molar-refractivity contribution in [1.29, 1.82) is 0 Å². The molecule has 6 heteroatoms. The van der Waals surface area contributed by atoms with Crippen molar-refractivity contribution in [3.63, 3.8) is 0 Å². The van der Waals surface area contributed by atoms with Crippen LogP contribution in [0.3, 0.4) is 0 Å². The summed E-state index contributed by atoms with van der Waals surface area (Å²) in [6.45, 7) is 0.519. The van der Waals surface area contributed by atoms with Crippen LogP contribution >= 0.6 is 23.2 Å². The van der Waals surface area contributed by atoms with Gasteiger partial charge in [-0.05, 0) is 36.2 Å². The monoisotopic (exact) mass is 295 g/mol. The number of halogens is 2. The molecule has 0 bridgehead atoms. The number of carbonyl (C=O) groups excluding carboxylic acids is 1. The van der Waals surface area contributed by atoms with Gasteiger partial charge in [0.05, 0.1) is 0 Å². The van der Waals surface area contributed by atoms with Gasteiger partial charge in [-0.2, -0.15) is 0 Å². The van der Waals surface area contributed by atoms with Crippen molar-refractivity contribution in [2.45, 2.75) is 6.42 Å². The quantitative estimate of drug-likeness (QED) is 0.944. The first-order chi connectivity index (χ1) is 9.15. The molecule has 0 saturated carbocycles. The lowest BCUT2D eigenvalue weighted by Gasteiger charge is -2.04. The minimum atomic E-state index is -0.266. The standard InChI is InChI=1S/C13H11Cl2N3O/c14-10-3-1-9(2-4-10)7-8-16-13(19)11-5-6-12(15)18-17-11/h1-6H,7-8H2,(H,16,19). The second-order valence-electron chi connectivity index (χ2n) is 3.87. The summed E-state index contributed by atoms with van der Waals surface area (Å²) in [5.74, 6) is -0.266. The van der Waals surface area contributed by atoms with Gasteiger partial charge in [0.15, 0.2) is 10.8 Å². The molecule has 0 radical (unpaired) electrons. The van der Waals surface area contributed by atoms with Crippen LogP contribution < -0.4 is 5.32 Å². The Morgan fingerprint density at radius 3 is 2.42 bits per heavy atom. The molecule has 0 spiro atoms. The largest absolute Gasteiger partial charge is 0.350 e. The zero-order valence-corrected chi connectivity index (χ0v) is 11.4. The van der Waals surface area contributed by atoms with Crippen molar-refractivity contribution in [2.24, 2.45) is 0 Å². The molecule has 4 nitrogen and oxygen atoms in total. The Bertz CT molecular complexity index is 555. The molecule has 98 valence electrons. The molecule has 1 aromatic carbocycles. The fourth-order valence-electron chi connectivity index (χ4n) is 1.50. The lowest BCUT2D eigenvalue weighted by Crippen LogP contribution is -2.26. The van der Waals surface area contributed by atoms with Crippen LogP contribution in [0, 0.1) is 0 Å². The van der Waals surface area contributed by atoms with E-state index in [0.29, 0.717) is 11.6 Å². The third kappa shape index (κ3) is 4.19. The fourth-order valence-corrected chi connectivity index (χ4v) is 1.73. The average molecular weight is 296 g/mol. The van der Waals surface area contributed by atoms with Crippen molar-refractivity contribution < 1.29 is 4.79 Å². The van der Waals surface area contributed by atoms with Gasteiger partial charge in [-0.3, -0.25) is 4.79 Å². The van der Waals surface area contributed by atoms with Gasteiger partial charge in [0, 0.05) is 11.6 Å². The van der Waals surface area contributed by atoms with Gasteiger partial charge in [0.25, 0.3) is 5.91 Å². The highest BCUT2D eigenvalue weighted by Crippen LogP contribution is 2.09. The number of nitrogens with one attached hydrogen (secondary N) is 1. The summed E-state index contributed by atoms with van der Waals surface area (Å²) in [7, 11) is 0. The van der Waals surface area contributed by atoms with E-state index in [1.807, 2.05) is 24.3 Å². The maximum Gasteiger partial charge on any atom is 0.271 e. The minimum absolute atomic E-state index is 0.250. The number of benzene rings is 1. The van der Waals surface area contributed by atoms with E-state index < -0.39 is 0 Å². The molecule has 1 heterocycles. The number of nitrogens with zero attached hydrogens (tertiary/aromatic N) is 2. The summed E-state index contributed by atoms with van der Waals surface area (Å²) in [4.78, 5) is 11.7. The van der Waals surface area contributed by atoms with Gasteiger partial charge in [0.2, 0.25) is 0 Å². The molecule has 1 N–H and O–H groups in total. The molecule has 0 atom stereocenters. The van der Waals surface area contributed by atoms with E-state index in [1.165, 1.54) is 12.1 Å². The molecule has 2 aromatic rings. The fraction of sp³-hybridized carbons (Fsp3) is 0.154. The number of aromatic nitrogens is 2. The summed E-state index contributed by atoms with van der Waals surface area (Å²) in [5.41, 5.74) is 1.35. The molecule has 0 fully saturated rings. The molecule has 1 amide bonds. The number of hydrogen-bond donors (Lipinski definition) is 1. The Labute approximate surface area is 120 Å². The SMILES string of the molecule is O=C(NCCc1ccc(Cl)cc1)c1ccc(Cl)nn1. The van der Waals surface area contributed by atoms with E-state index in [0.717, 1.165) is 12.0 Å². The zero-order valence-electron chi connectivity index (χ0n) is 9.94. The molecule has 19 heavy (non-hydrogen) atoms. The van der Waals surface area contributed by atoms with E-state index in [9.17, 15) is 4.79 Å². The molecule has 0 saturated heterocycles. The van der Waals surface area contributed by atoms with Crippen LogP contribution in [0.25, 0.3) is 0 Å². The second kappa shape index (κ2) is 6.50. The molecule has 0 aliphatic carbocycles. The molecular weight excluding hydrogens is 285 g/mol. The molecule has 1 aromatic heterocycles. The van der Waals surface area contributed by atoms with E-state index in [-0.39, 0.29) is 16.8 Å². The third-order valence-electron chi connectivity index (χ3n) is 2.48. The first-order valence-corrected chi connectivity index (χ1v) is 6.42. The topological polar surface area (TPSA) is 54.9 Å². The number of amides is 1. The maximum absolute atomic E-state index is 11.7. The first-order valence-electron chi connectivity index (χ1n) is 5.67. The Kier molecular flexibility index (Phi) is 4.71. The first kappa shape index (κ1) is 13.8. The molecular formula is C13H11Cl2N3O. The summed E-state index contributed by atoms with van der Waals surface area (Å²) < 4.78 is 0. The molecule has 0 aliphatic rings. The van der Waals surface area contributed by atoms with Gasteiger partial charge in [-0.25, -0.2) is 0 Å². The average Bonchev–Trinajstić information content (AvgIpc) is 2.41. The van der Waals surface area contributed by atoms with Gasteiger partial charge < -0.3 is 5.32 Å². The summed E-state index contributed by atoms with van der Waals surface area (Å²) in [5, 5.41) is 11.0. The molecule has 0 unspecified atom stereocenters. The lowest BCUT2D eigenvalue weighted by molar-refractivity contribution is 0.0948. The highest BCUT2D eigenvalue weighted by atomic mass is 35.5. The lowest BCUT2D eigenvalue weighted by atomic mass is 10.1. The Balaban J connectivity index is 1.84. The van der Waals surface area contributed by atoms with Crippen LogP contribution in [-0.2, 0) is 6.42 Å². The van der Waals surface area contributed by atoms with Crippen LogP contribution in [0.5, 0.6) is 0 Å². The van der Waals surface area contributed by atoms with Gasteiger partial charge in [-0.15, -0.1) is 10.2 Å². The number of rotatable bonds is 4. The third-order valence-corrected chi connectivity index (χ3v) is 2.93. The van der Waals surface area contributed by atoms with Crippen molar-refractivity contribution in [3.8, 4) is 0 Å². The summed E-state index contributed by atoms with van der Waals surface area (Å²) >= 11 is 11.4. The Morgan fingerprint density at radius 1 is 1.05 bits per heavy atom. The maximum atomic E-state index is 11.7. The van der Waals surface area contributed by atoms with E-state index in [4.69, 9.17) is 23.2 Å². The smallest absolute Gasteiger partial charge is 0.271 e. The van der Waals surface area contributed by atoms with Crippen LogP contribution in [-0.4, -0.2) is 22.6 Å². The van der Waals surface area contributed by atoms with Crippen LogP contribution in [0.15, 0.2) is 36.4 Å². The molecule has 2 rings (SSSR count). The normalized spacial score (nSPS) is 10.2. The van der Waals surface area contributed by atoms with Crippen LogP contribution in [0.4, 0.5) is 0 Å². The van der Waals surface area contributed by atoms with Crippen molar-refractivity contribution >= 4 is 29.1 Å². The van der Waals surface area contributed by atoms with Crippen LogP contribution in [0.2, 0.25) is 10.2 Å². The van der Waals surface area contributed by atoms with Crippen LogP contribution in [0.1, 0.15) is 16.1 Å². The van der Waals surface area contributed by atoms with E-state index in [2.05, 4.69) is 15.5 Å². The van der Waals surface area contributed by atoms with Crippen molar-refractivity contribution in [1.82, 2.24) is 15.5 Å². The van der Waals surface area contributed by atoms with Gasteiger partial charge in [0.1, 0.15) is 0 Å². The van der Waals surface area contributed by atoms with E-state index in [1.54, 1.807) is 0 Å². The Hall–Kier alpha value is -1.65. The predicted molar refractivity (Wildman–Crippen MR) is 74.5 cm³/mol. The highest BCUT2D eigenvalue weighted by molar-refractivity contribution is 6.30. The zero-order chi connectivity index (χ0) is 13.7. The van der Waals surface area contributed by atoms with Gasteiger partial charge in [-0.1, -0.05) is 35.3 Å². The number of hydrogen-bond acceptors (Lipinski definition) is 3. The summed E-state index contributed by atoms with van der Waals surface area (Å²) in [6.07, 6.45) is 0.726. The van der Waals surface area contributed by atoms with Crippen molar-refractivity contribution in [2.75, 3.05) is 6.54 Å². The highest BCUT2D eigenvalue weighted by Gasteiger charge is 2.06. The van der Waals surface area contributed by atoms with Crippen molar-refractivity contribution in [3.05, 3.63) is 57.8 Å². The minimum Gasteiger partial charge on any atom is -0.350 e. The predicted octanol–water partition coefficient (Wildman–Crippen LogP) is 2.76. The summed E-state index contributed by atoms with van der Waals surface area (Å²) in [6, 6.07) is 10.6. The van der Waals surface area contributed by atoms with E-state index >= 15 is 0 Å². The molecule has 0 aliphatic heterocycles. The second-order valence-corrected chi connectivity index (χ2v) is 4.70. The number of carbonyl (C=O) groups is 1. The van der Waals surface area contributed by atoms with Gasteiger partial charge >= 0.3 is 0 Å².